The molecule has 3 rings (SSSR count). The number of nitrogens with zero attached hydrogens (tertiary/aromatic N) is 5. The van der Waals surface area contributed by atoms with Crippen LogP contribution in [0.15, 0.2) is 35.6 Å². The van der Waals surface area contributed by atoms with E-state index in [1.165, 1.54) is 17.6 Å². The zero-order valence-electron chi connectivity index (χ0n) is 18.2. The van der Waals surface area contributed by atoms with Gasteiger partial charge in [-0.2, -0.15) is 10.2 Å². The third kappa shape index (κ3) is 6.04. The first-order chi connectivity index (χ1) is 14.0. The molecule has 1 atom stereocenters. The number of nitrogens with one attached hydrogen (secondary N) is 3. The van der Waals surface area contributed by atoms with Crippen LogP contribution in [-0.4, -0.2) is 43.5 Å². The summed E-state index contributed by atoms with van der Waals surface area (Å²) in [6.07, 6.45) is 2.41. The third-order valence-electron chi connectivity index (χ3n) is 4.93. The van der Waals surface area contributed by atoms with Crippen LogP contribution in [0.5, 0.6) is 0 Å². The van der Waals surface area contributed by atoms with E-state index in [9.17, 15) is 0 Å². The van der Waals surface area contributed by atoms with Gasteiger partial charge in [-0.3, -0.25) is 9.78 Å². The van der Waals surface area contributed by atoms with E-state index in [-0.39, 0.29) is 30.0 Å². The average molecular weight is 522 g/mol. The minimum absolute atomic E-state index is 0. The molecule has 30 heavy (non-hydrogen) atoms. The average Bonchev–Trinajstić information content (AvgIpc) is 3.32. The lowest BCUT2D eigenvalue weighted by Crippen LogP contribution is -2.43. The molecule has 0 saturated carbocycles. The van der Waals surface area contributed by atoms with Crippen molar-refractivity contribution >= 4 is 29.9 Å². The Kier molecular flexibility index (Phi) is 8.82. The lowest BCUT2D eigenvalue weighted by molar-refractivity contribution is 0.636. The molecule has 1 aromatic carbocycles. The molecule has 162 valence electrons. The molecule has 0 bridgehead atoms. The first-order valence-electron chi connectivity index (χ1n) is 9.96. The Bertz CT molecular complexity index is 962. The lowest BCUT2D eigenvalue weighted by atomic mass is 10.1. The summed E-state index contributed by atoms with van der Waals surface area (Å²) >= 11 is 0. The van der Waals surface area contributed by atoms with Crippen molar-refractivity contribution in [3.8, 4) is 11.4 Å². The highest BCUT2D eigenvalue weighted by molar-refractivity contribution is 14.0. The maximum absolute atomic E-state index is 4.77. The van der Waals surface area contributed by atoms with Gasteiger partial charge in [0.05, 0.1) is 12.2 Å². The number of aromatic amines is 1. The molecule has 9 heteroatoms. The fourth-order valence-corrected chi connectivity index (χ4v) is 3.36. The molecule has 2 heterocycles. The van der Waals surface area contributed by atoms with Gasteiger partial charge in [0.25, 0.3) is 0 Å². The second-order valence-electron chi connectivity index (χ2n) is 7.25. The van der Waals surface area contributed by atoms with Crippen molar-refractivity contribution in [1.82, 2.24) is 35.6 Å². The zero-order valence-corrected chi connectivity index (χ0v) is 20.6. The Balaban J connectivity index is 0.00000320. The largest absolute Gasteiger partial charge is 0.357 e. The number of guanidine groups is 1. The highest BCUT2D eigenvalue weighted by Crippen LogP contribution is 2.16. The molecule has 3 aromatic rings. The van der Waals surface area contributed by atoms with Crippen LogP contribution < -0.4 is 10.6 Å². The molecule has 0 radical (unpaired) electrons. The summed E-state index contributed by atoms with van der Waals surface area (Å²) in [6, 6.07) is 8.41. The van der Waals surface area contributed by atoms with E-state index in [4.69, 9.17) is 4.99 Å². The minimum Gasteiger partial charge on any atom is -0.357 e. The van der Waals surface area contributed by atoms with Crippen molar-refractivity contribution in [2.24, 2.45) is 12.0 Å². The molecule has 3 N–H and O–H groups in total. The first kappa shape index (κ1) is 23.8. The highest BCUT2D eigenvalue weighted by atomic mass is 127. The summed E-state index contributed by atoms with van der Waals surface area (Å²) in [5, 5.41) is 18.2. The summed E-state index contributed by atoms with van der Waals surface area (Å²) in [5.74, 6) is 1.57. The Morgan fingerprint density at radius 2 is 2.10 bits per heavy atom. The smallest absolute Gasteiger partial charge is 0.191 e. The normalized spacial score (nSPS) is 12.4. The second-order valence-corrected chi connectivity index (χ2v) is 7.25. The third-order valence-corrected chi connectivity index (χ3v) is 4.93. The number of aliphatic imine (C=N–C) groups is 1. The SMILES string of the molecule is CCNC(=NCc1cccc(-c2ncn[nH]2)c1)NC(C)Cc1c(C)nn(C)c1C.I. The van der Waals surface area contributed by atoms with Gasteiger partial charge in [-0.25, -0.2) is 9.98 Å². The van der Waals surface area contributed by atoms with E-state index in [1.807, 2.05) is 23.9 Å². The van der Waals surface area contributed by atoms with Crippen molar-refractivity contribution in [3.63, 3.8) is 0 Å². The molecule has 0 spiro atoms. The Morgan fingerprint density at radius 3 is 2.73 bits per heavy atom. The summed E-state index contributed by atoms with van der Waals surface area (Å²) in [7, 11) is 1.99. The predicted octanol–water partition coefficient (Wildman–Crippen LogP) is 3.13. The molecule has 1 unspecified atom stereocenters. The molecule has 0 aliphatic rings. The summed E-state index contributed by atoms with van der Waals surface area (Å²) in [6.45, 7) is 9.81. The molecular weight excluding hydrogens is 491 g/mol. The number of aromatic nitrogens is 5. The Morgan fingerprint density at radius 1 is 1.30 bits per heavy atom. The van der Waals surface area contributed by atoms with Gasteiger partial charge in [-0.05, 0) is 51.3 Å². The van der Waals surface area contributed by atoms with E-state index >= 15 is 0 Å². The van der Waals surface area contributed by atoms with Crippen LogP contribution in [0.1, 0.15) is 36.4 Å². The van der Waals surface area contributed by atoms with Crippen LogP contribution in [0.25, 0.3) is 11.4 Å². The van der Waals surface area contributed by atoms with Crippen LogP contribution in [0, 0.1) is 13.8 Å². The van der Waals surface area contributed by atoms with Gasteiger partial charge < -0.3 is 10.6 Å². The van der Waals surface area contributed by atoms with Crippen LogP contribution in [0.2, 0.25) is 0 Å². The number of halogens is 1. The zero-order chi connectivity index (χ0) is 20.8. The molecule has 0 saturated heterocycles. The van der Waals surface area contributed by atoms with Crippen molar-refractivity contribution in [3.05, 3.63) is 53.1 Å². The number of hydrogen-bond donors (Lipinski definition) is 3. The van der Waals surface area contributed by atoms with Crippen LogP contribution in [-0.2, 0) is 20.0 Å². The van der Waals surface area contributed by atoms with Gasteiger partial charge in [0.2, 0.25) is 0 Å². The quantitative estimate of drug-likeness (QED) is 0.252. The maximum Gasteiger partial charge on any atom is 0.191 e. The Labute approximate surface area is 195 Å². The monoisotopic (exact) mass is 522 g/mol. The van der Waals surface area contributed by atoms with E-state index in [1.54, 1.807) is 0 Å². The van der Waals surface area contributed by atoms with Crippen molar-refractivity contribution in [2.45, 2.75) is 46.7 Å². The van der Waals surface area contributed by atoms with E-state index in [0.29, 0.717) is 6.54 Å². The second kappa shape index (κ2) is 11.1. The Hall–Kier alpha value is -2.43. The van der Waals surface area contributed by atoms with Gasteiger partial charge in [0.15, 0.2) is 11.8 Å². The molecule has 2 aromatic heterocycles. The maximum atomic E-state index is 4.77. The van der Waals surface area contributed by atoms with Gasteiger partial charge in [-0.1, -0.05) is 18.2 Å². The van der Waals surface area contributed by atoms with Gasteiger partial charge >= 0.3 is 0 Å². The van der Waals surface area contributed by atoms with E-state index in [0.717, 1.165) is 41.6 Å². The first-order valence-corrected chi connectivity index (χ1v) is 9.96. The topological polar surface area (TPSA) is 95.8 Å². The molecule has 8 nitrogen and oxygen atoms in total. The van der Waals surface area contributed by atoms with Crippen molar-refractivity contribution in [2.75, 3.05) is 6.54 Å². The summed E-state index contributed by atoms with van der Waals surface area (Å²) < 4.78 is 1.94. The van der Waals surface area contributed by atoms with Gasteiger partial charge in [-0.15, -0.1) is 24.0 Å². The summed E-state index contributed by atoms with van der Waals surface area (Å²) in [4.78, 5) is 8.98. The molecule has 0 aliphatic carbocycles. The summed E-state index contributed by atoms with van der Waals surface area (Å²) in [5.41, 5.74) is 5.71. The molecule has 0 fully saturated rings. The van der Waals surface area contributed by atoms with Crippen molar-refractivity contribution < 1.29 is 0 Å². The number of aryl methyl sites for hydroxylation is 2. The number of H-pyrrole nitrogens is 1. The molecule has 0 aliphatic heterocycles. The fourth-order valence-electron chi connectivity index (χ4n) is 3.36. The number of hydrogen-bond acceptors (Lipinski definition) is 4. The van der Waals surface area contributed by atoms with Crippen LogP contribution in [0.4, 0.5) is 0 Å². The number of rotatable bonds is 7. The standard InChI is InChI=1S/C21H30N8.HI/c1-6-22-21(26-14(2)10-19-15(3)28-29(5)16(19)4)23-12-17-8-7-9-18(11-17)20-24-13-25-27-20;/h7-9,11,13-14H,6,10,12H2,1-5H3,(H2,22,23,26)(H,24,25,27);1H. The van der Waals surface area contributed by atoms with Crippen molar-refractivity contribution in [1.29, 1.82) is 0 Å². The van der Waals surface area contributed by atoms with Gasteiger partial charge in [0.1, 0.15) is 6.33 Å². The van der Waals surface area contributed by atoms with Crippen LogP contribution >= 0.6 is 24.0 Å². The minimum atomic E-state index is 0. The molecular formula is C21H31IN8. The van der Waals surface area contributed by atoms with E-state index in [2.05, 4.69) is 70.7 Å². The lowest BCUT2D eigenvalue weighted by Gasteiger charge is -2.18. The van der Waals surface area contributed by atoms with Crippen LogP contribution in [0.3, 0.4) is 0 Å². The van der Waals surface area contributed by atoms with E-state index < -0.39 is 0 Å². The number of benzene rings is 1. The highest BCUT2D eigenvalue weighted by Gasteiger charge is 2.14. The fraction of sp³-hybridized carbons (Fsp3) is 0.429. The molecule has 0 amide bonds. The predicted molar refractivity (Wildman–Crippen MR) is 131 cm³/mol. The van der Waals surface area contributed by atoms with Gasteiger partial charge in [0, 0.05) is 30.9 Å².